The van der Waals surface area contributed by atoms with Crippen molar-refractivity contribution in [2.45, 2.75) is 36.5 Å². The Kier molecular flexibility index (Phi) is 19.2. The Morgan fingerprint density at radius 2 is 0.811 bits per heavy atom. The first-order valence-electron chi connectivity index (χ1n) is 23.1. The molecule has 0 saturated carbocycles. The summed E-state index contributed by atoms with van der Waals surface area (Å²) in [6, 6.07) is 20.9. The van der Waals surface area contributed by atoms with E-state index < -0.39 is 42.0 Å². The van der Waals surface area contributed by atoms with Crippen LogP contribution in [-0.2, 0) is 29.7 Å². The van der Waals surface area contributed by atoms with Crippen LogP contribution in [0, 0.1) is 0 Å². The van der Waals surface area contributed by atoms with Crippen LogP contribution in [0.15, 0.2) is 94.7 Å². The van der Waals surface area contributed by atoms with Crippen LogP contribution in [0.3, 0.4) is 0 Å². The molecular weight excluding hydrogens is 997 g/mol. The van der Waals surface area contributed by atoms with E-state index in [0.717, 1.165) is 38.1 Å². The molecule has 0 radical (unpaired) electrons. The summed E-state index contributed by atoms with van der Waals surface area (Å²) in [4.78, 5) is 54.1. The number of nitrogens with zero attached hydrogens (tertiary/aromatic N) is 8. The van der Waals surface area contributed by atoms with E-state index >= 15 is 0 Å². The van der Waals surface area contributed by atoms with Crippen molar-refractivity contribution in [1.29, 1.82) is 0 Å². The highest BCUT2D eigenvalue weighted by Gasteiger charge is 2.20. The third-order valence-corrected chi connectivity index (χ3v) is 12.1. The van der Waals surface area contributed by atoms with Gasteiger partial charge in [0.2, 0.25) is 35.7 Å². The number of carbonyl (C=O) groups excluding carboxylic acids is 2. The number of anilines is 10. The van der Waals surface area contributed by atoms with E-state index in [1.54, 1.807) is 62.4 Å². The standard InChI is InChI=1S/C48H58N14O10S2/c1-7-71-41(63)33-15-19-35(20-16-33)51-45-55-43(49-25-9-27-61(3)4)57-47(59-45)53-37-23-13-31(39(29-37)73(65,66)67)11-12-32-14-24-38(30-40(32)74(68,69)70)54-48-58-44(50-26-10-28-62(5)6)56-46(60-48)52-36-21-17-34(18-22-36)42(64)72-8-2/h11-24,29-30H,7-10,25-28H2,1-6H3,(H,65,66,67)(H,68,69,70)(H3,49,51,53,55,57,59)(H3,50,52,54,56,58,60). The number of esters is 2. The highest BCUT2D eigenvalue weighted by molar-refractivity contribution is 7.86. The van der Waals surface area contributed by atoms with Gasteiger partial charge in [0.05, 0.1) is 24.3 Å². The van der Waals surface area contributed by atoms with E-state index in [0.29, 0.717) is 35.6 Å². The molecular formula is C48H58N14O10S2. The Hall–Kier alpha value is -7.88. The zero-order valence-corrected chi connectivity index (χ0v) is 43.1. The Labute approximate surface area is 429 Å². The number of benzene rings is 4. The lowest BCUT2D eigenvalue weighted by Gasteiger charge is -2.14. The molecule has 2 aromatic heterocycles. The Morgan fingerprint density at radius 3 is 1.12 bits per heavy atom. The Bertz CT molecular complexity index is 2950. The maximum absolute atomic E-state index is 12.8. The van der Waals surface area contributed by atoms with E-state index in [1.807, 2.05) is 38.0 Å². The lowest BCUT2D eigenvalue weighted by atomic mass is 10.1. The van der Waals surface area contributed by atoms with E-state index in [1.165, 1.54) is 36.4 Å². The average molecular weight is 1060 g/mol. The van der Waals surface area contributed by atoms with E-state index in [2.05, 4.69) is 61.8 Å². The van der Waals surface area contributed by atoms with Crippen LogP contribution in [-0.4, -0.2) is 145 Å². The first kappa shape index (κ1) is 55.4. The van der Waals surface area contributed by atoms with Crippen LogP contribution in [0.1, 0.15) is 58.5 Å². The molecule has 0 aliphatic heterocycles. The van der Waals surface area contributed by atoms with Crippen LogP contribution in [0.5, 0.6) is 0 Å². The second-order valence-electron chi connectivity index (χ2n) is 16.7. The summed E-state index contributed by atoms with van der Waals surface area (Å²) in [7, 11) is -2.01. The summed E-state index contributed by atoms with van der Waals surface area (Å²) in [6.45, 7) is 6.48. The van der Waals surface area contributed by atoms with Gasteiger partial charge in [0.1, 0.15) is 9.79 Å². The van der Waals surface area contributed by atoms with Crippen molar-refractivity contribution in [2.24, 2.45) is 0 Å². The number of hydrogen-bond acceptors (Lipinski definition) is 22. The number of nitrogens with one attached hydrogen (secondary N) is 6. The quantitative estimate of drug-likeness (QED) is 0.0120. The minimum atomic E-state index is -4.90. The van der Waals surface area contributed by atoms with Crippen molar-refractivity contribution in [1.82, 2.24) is 39.7 Å². The second kappa shape index (κ2) is 25.7. The molecule has 0 bridgehead atoms. The van der Waals surface area contributed by atoms with Gasteiger partial charge in [0.25, 0.3) is 20.2 Å². The minimum Gasteiger partial charge on any atom is -0.462 e. The molecule has 392 valence electrons. The minimum absolute atomic E-state index is 0.00362. The van der Waals surface area contributed by atoms with Crippen LogP contribution < -0.4 is 31.9 Å². The molecule has 0 fully saturated rings. The summed E-state index contributed by atoms with van der Waals surface area (Å²) in [5.41, 5.74) is 2.00. The lowest BCUT2D eigenvalue weighted by Crippen LogP contribution is -2.17. The maximum Gasteiger partial charge on any atom is 0.338 e. The zero-order chi connectivity index (χ0) is 53.4. The zero-order valence-electron chi connectivity index (χ0n) is 41.4. The fourth-order valence-electron chi connectivity index (χ4n) is 6.78. The molecule has 6 rings (SSSR count). The average Bonchev–Trinajstić information content (AvgIpc) is 3.34. The fraction of sp³-hybridized carbons (Fsp3) is 0.292. The third-order valence-electron chi connectivity index (χ3n) is 10.2. The normalized spacial score (nSPS) is 11.6. The van der Waals surface area contributed by atoms with Crippen molar-refractivity contribution < 1.29 is 45.0 Å². The van der Waals surface area contributed by atoms with Gasteiger partial charge in [0.15, 0.2) is 0 Å². The number of carbonyl (C=O) groups is 2. The van der Waals surface area contributed by atoms with Gasteiger partial charge < -0.3 is 51.2 Å². The largest absolute Gasteiger partial charge is 0.462 e. The summed E-state index contributed by atoms with van der Waals surface area (Å²) in [6.07, 6.45) is 4.04. The third kappa shape index (κ3) is 16.9. The van der Waals surface area contributed by atoms with Crippen molar-refractivity contribution in [3.05, 3.63) is 107 Å². The lowest BCUT2D eigenvalue weighted by molar-refractivity contribution is 0.0517. The monoisotopic (exact) mass is 1050 g/mol. The van der Waals surface area contributed by atoms with Gasteiger partial charge in [-0.3, -0.25) is 9.11 Å². The smallest absolute Gasteiger partial charge is 0.338 e. The second-order valence-corrected chi connectivity index (χ2v) is 19.4. The highest BCUT2D eigenvalue weighted by atomic mass is 32.2. The predicted molar refractivity (Wildman–Crippen MR) is 282 cm³/mol. The van der Waals surface area contributed by atoms with E-state index in [4.69, 9.17) is 9.47 Å². The molecule has 6 aromatic rings. The van der Waals surface area contributed by atoms with Crippen molar-refractivity contribution in [3.8, 4) is 0 Å². The fourth-order valence-corrected chi connectivity index (χ4v) is 8.19. The van der Waals surface area contributed by atoms with Crippen LogP contribution in [0.25, 0.3) is 12.2 Å². The molecule has 0 aliphatic carbocycles. The Balaban J connectivity index is 1.25. The highest BCUT2D eigenvalue weighted by Crippen LogP contribution is 2.29. The van der Waals surface area contributed by atoms with E-state index in [-0.39, 0.29) is 71.4 Å². The summed E-state index contributed by atoms with van der Waals surface area (Å²) < 4.78 is 82.3. The molecule has 8 N–H and O–H groups in total. The van der Waals surface area contributed by atoms with Gasteiger partial charge in [-0.25, -0.2) is 9.59 Å². The first-order valence-corrected chi connectivity index (χ1v) is 26.0. The first-order chi connectivity index (χ1) is 35.3. The van der Waals surface area contributed by atoms with Gasteiger partial charge in [-0.15, -0.1) is 0 Å². The van der Waals surface area contributed by atoms with Gasteiger partial charge >= 0.3 is 11.9 Å². The van der Waals surface area contributed by atoms with Crippen molar-refractivity contribution >= 4 is 103 Å². The topological polar surface area (TPSA) is 317 Å². The van der Waals surface area contributed by atoms with Gasteiger partial charge in [-0.2, -0.15) is 46.7 Å². The molecule has 74 heavy (non-hydrogen) atoms. The molecule has 2 heterocycles. The van der Waals surface area contributed by atoms with Crippen LogP contribution in [0.4, 0.5) is 58.4 Å². The molecule has 0 atom stereocenters. The molecule has 4 aromatic carbocycles. The SMILES string of the molecule is CCOC(=O)c1ccc(Nc2nc(NCCCN(C)C)nc(Nc3ccc(C=Cc4ccc(Nc5nc(NCCCN(C)C)nc(Nc6ccc(C(=O)OCC)cc6)n5)cc4S(=O)(=O)O)c(S(=O)(=O)O)c3)n2)cc1. The molecule has 0 saturated heterocycles. The van der Waals surface area contributed by atoms with Gasteiger partial charge in [-0.05, 0) is 152 Å². The van der Waals surface area contributed by atoms with Crippen molar-refractivity contribution in [3.63, 3.8) is 0 Å². The Morgan fingerprint density at radius 1 is 0.500 bits per heavy atom. The maximum atomic E-state index is 12.8. The summed E-state index contributed by atoms with van der Waals surface area (Å²) in [5, 5.41) is 18.4. The number of aromatic nitrogens is 6. The van der Waals surface area contributed by atoms with Crippen molar-refractivity contribution in [2.75, 3.05) is 99.5 Å². The van der Waals surface area contributed by atoms with Gasteiger partial charge in [0, 0.05) is 35.8 Å². The molecule has 0 amide bonds. The van der Waals surface area contributed by atoms with E-state index in [9.17, 15) is 35.5 Å². The number of rotatable bonds is 26. The predicted octanol–water partition coefficient (Wildman–Crippen LogP) is 6.78. The molecule has 26 heteroatoms. The van der Waals surface area contributed by atoms with Gasteiger partial charge in [-0.1, -0.05) is 24.3 Å². The summed E-state index contributed by atoms with van der Waals surface area (Å²) in [5.74, 6) is -0.362. The van der Waals surface area contributed by atoms with Crippen LogP contribution in [0.2, 0.25) is 0 Å². The van der Waals surface area contributed by atoms with Crippen LogP contribution >= 0.6 is 0 Å². The molecule has 0 unspecified atom stereocenters. The number of hydrogen-bond donors (Lipinski definition) is 8. The summed E-state index contributed by atoms with van der Waals surface area (Å²) >= 11 is 0. The molecule has 24 nitrogen and oxygen atoms in total. The molecule has 0 spiro atoms. The number of ether oxygens (including phenoxy) is 2. The molecule has 0 aliphatic rings.